The van der Waals surface area contributed by atoms with Crippen molar-refractivity contribution in [3.63, 3.8) is 0 Å². The van der Waals surface area contributed by atoms with Crippen LogP contribution in [0.25, 0.3) is 5.69 Å². The van der Waals surface area contributed by atoms with E-state index in [2.05, 4.69) is 20.4 Å². The molecule has 1 amide bonds. The van der Waals surface area contributed by atoms with Crippen LogP contribution in [0.2, 0.25) is 0 Å². The third-order valence-electron chi connectivity index (χ3n) is 4.12. The number of rotatable bonds is 6. The van der Waals surface area contributed by atoms with Crippen LogP contribution < -0.4 is 0 Å². The summed E-state index contributed by atoms with van der Waals surface area (Å²) in [4.78, 5) is 16.0. The third kappa shape index (κ3) is 4.37. The average molecular weight is 348 g/mol. The maximum atomic E-state index is 13.1. The quantitative estimate of drug-likeness (QED) is 0.756. The molecule has 0 saturated carbocycles. The number of hydrogen-bond donors (Lipinski definition) is 0. The molecule has 0 aliphatic carbocycles. The second kappa shape index (κ2) is 8.13. The van der Waals surface area contributed by atoms with Gasteiger partial charge < -0.3 is 9.64 Å². The largest absolute Gasteiger partial charge is 0.372 e. The SMILES string of the molecule is CCOCC(=O)N1CCN(Cc2nnnn2-c2ccc(F)cc2)CC1. The smallest absolute Gasteiger partial charge is 0.248 e. The molecule has 1 aliphatic heterocycles. The van der Waals surface area contributed by atoms with Crippen molar-refractivity contribution in [2.75, 3.05) is 39.4 Å². The Labute approximate surface area is 145 Å². The fourth-order valence-corrected chi connectivity index (χ4v) is 2.72. The number of aromatic nitrogens is 4. The number of halogens is 1. The first-order valence-electron chi connectivity index (χ1n) is 8.28. The van der Waals surface area contributed by atoms with Gasteiger partial charge in [0.25, 0.3) is 0 Å². The highest BCUT2D eigenvalue weighted by molar-refractivity contribution is 5.77. The van der Waals surface area contributed by atoms with E-state index in [-0.39, 0.29) is 18.3 Å². The molecule has 0 atom stereocenters. The molecule has 1 aromatic carbocycles. The Morgan fingerprint density at radius 2 is 1.92 bits per heavy atom. The molecule has 2 aromatic rings. The van der Waals surface area contributed by atoms with Gasteiger partial charge >= 0.3 is 0 Å². The molecule has 3 rings (SSSR count). The molecular formula is C16H21FN6O2. The number of amides is 1. The third-order valence-corrected chi connectivity index (χ3v) is 4.12. The lowest BCUT2D eigenvalue weighted by molar-refractivity contribution is -0.137. The number of carbonyl (C=O) groups is 1. The first kappa shape index (κ1) is 17.4. The number of piperazine rings is 1. The maximum Gasteiger partial charge on any atom is 0.248 e. The van der Waals surface area contributed by atoms with E-state index in [0.29, 0.717) is 37.8 Å². The highest BCUT2D eigenvalue weighted by Crippen LogP contribution is 2.12. The molecule has 1 aliphatic rings. The van der Waals surface area contributed by atoms with Crippen LogP contribution in [0.1, 0.15) is 12.7 Å². The summed E-state index contributed by atoms with van der Waals surface area (Å²) in [6.07, 6.45) is 0. The molecule has 0 bridgehead atoms. The second-order valence-corrected chi connectivity index (χ2v) is 5.78. The van der Waals surface area contributed by atoms with Gasteiger partial charge in [0.1, 0.15) is 12.4 Å². The Kier molecular flexibility index (Phi) is 5.67. The topological polar surface area (TPSA) is 76.4 Å². The fraction of sp³-hybridized carbons (Fsp3) is 0.500. The molecule has 8 nitrogen and oxygen atoms in total. The highest BCUT2D eigenvalue weighted by Gasteiger charge is 2.22. The zero-order valence-corrected chi connectivity index (χ0v) is 14.1. The van der Waals surface area contributed by atoms with Gasteiger partial charge in [-0.2, -0.15) is 4.68 Å². The minimum atomic E-state index is -0.300. The van der Waals surface area contributed by atoms with E-state index < -0.39 is 0 Å². The van der Waals surface area contributed by atoms with E-state index in [9.17, 15) is 9.18 Å². The summed E-state index contributed by atoms with van der Waals surface area (Å²) in [6, 6.07) is 6.03. The Balaban J connectivity index is 1.57. The van der Waals surface area contributed by atoms with Crippen molar-refractivity contribution in [2.45, 2.75) is 13.5 Å². The van der Waals surface area contributed by atoms with Crippen LogP contribution in [0.15, 0.2) is 24.3 Å². The summed E-state index contributed by atoms with van der Waals surface area (Å²) in [5, 5.41) is 11.8. The predicted molar refractivity (Wildman–Crippen MR) is 87.5 cm³/mol. The highest BCUT2D eigenvalue weighted by atomic mass is 19.1. The van der Waals surface area contributed by atoms with E-state index in [4.69, 9.17) is 4.74 Å². The molecule has 25 heavy (non-hydrogen) atoms. The minimum absolute atomic E-state index is 0.0256. The Morgan fingerprint density at radius 1 is 1.20 bits per heavy atom. The Hall–Kier alpha value is -2.39. The lowest BCUT2D eigenvalue weighted by Gasteiger charge is -2.34. The summed E-state index contributed by atoms with van der Waals surface area (Å²) < 4.78 is 19.8. The molecule has 0 spiro atoms. The fourth-order valence-electron chi connectivity index (χ4n) is 2.72. The Morgan fingerprint density at radius 3 is 2.60 bits per heavy atom. The monoisotopic (exact) mass is 348 g/mol. The van der Waals surface area contributed by atoms with Gasteiger partial charge in [0.05, 0.1) is 12.2 Å². The van der Waals surface area contributed by atoms with Gasteiger partial charge in [-0.25, -0.2) is 4.39 Å². The second-order valence-electron chi connectivity index (χ2n) is 5.78. The van der Waals surface area contributed by atoms with Crippen LogP contribution in [0, 0.1) is 5.82 Å². The first-order chi connectivity index (χ1) is 12.2. The van der Waals surface area contributed by atoms with E-state index in [1.165, 1.54) is 12.1 Å². The van der Waals surface area contributed by atoms with E-state index >= 15 is 0 Å². The van der Waals surface area contributed by atoms with Gasteiger partial charge in [-0.3, -0.25) is 9.69 Å². The van der Waals surface area contributed by atoms with Crippen LogP contribution in [0.4, 0.5) is 4.39 Å². The molecule has 1 saturated heterocycles. The van der Waals surface area contributed by atoms with Crippen LogP contribution in [0.5, 0.6) is 0 Å². The zero-order valence-electron chi connectivity index (χ0n) is 14.1. The van der Waals surface area contributed by atoms with Crippen molar-refractivity contribution >= 4 is 5.91 Å². The maximum absolute atomic E-state index is 13.1. The zero-order chi connectivity index (χ0) is 17.6. The number of carbonyl (C=O) groups excluding carboxylic acids is 1. The molecule has 1 aromatic heterocycles. The van der Waals surface area contributed by atoms with E-state index in [1.54, 1.807) is 16.8 Å². The van der Waals surface area contributed by atoms with Crippen molar-refractivity contribution in [1.82, 2.24) is 30.0 Å². The average Bonchev–Trinajstić information content (AvgIpc) is 3.09. The van der Waals surface area contributed by atoms with Crippen molar-refractivity contribution in [3.05, 3.63) is 35.9 Å². The minimum Gasteiger partial charge on any atom is -0.372 e. The van der Waals surface area contributed by atoms with Crippen LogP contribution >= 0.6 is 0 Å². The van der Waals surface area contributed by atoms with Gasteiger partial charge in [0, 0.05) is 32.8 Å². The van der Waals surface area contributed by atoms with Gasteiger partial charge in [0.15, 0.2) is 5.82 Å². The summed E-state index contributed by atoms with van der Waals surface area (Å²) in [6.45, 7) is 5.92. The number of benzene rings is 1. The van der Waals surface area contributed by atoms with Crippen LogP contribution in [-0.4, -0.2) is 75.3 Å². The standard InChI is InChI=1S/C16H21FN6O2/c1-2-25-12-16(24)22-9-7-21(8-10-22)11-15-18-19-20-23(15)14-5-3-13(17)4-6-14/h3-6H,2,7-12H2,1H3. The lowest BCUT2D eigenvalue weighted by atomic mass is 10.3. The molecule has 1 fully saturated rings. The summed E-state index contributed by atoms with van der Waals surface area (Å²) in [5.74, 6) is 0.407. The number of ether oxygens (including phenoxy) is 1. The normalized spacial score (nSPS) is 15.5. The molecule has 2 heterocycles. The predicted octanol–water partition coefficient (Wildman–Crippen LogP) is 0.482. The van der Waals surface area contributed by atoms with E-state index in [0.717, 1.165) is 13.1 Å². The van der Waals surface area contributed by atoms with Gasteiger partial charge in [-0.05, 0) is 41.6 Å². The van der Waals surface area contributed by atoms with E-state index in [1.807, 2.05) is 11.8 Å². The first-order valence-corrected chi connectivity index (χ1v) is 8.28. The van der Waals surface area contributed by atoms with Crippen molar-refractivity contribution < 1.29 is 13.9 Å². The molecule has 0 radical (unpaired) electrons. The summed E-state index contributed by atoms with van der Waals surface area (Å²) in [7, 11) is 0. The van der Waals surface area contributed by atoms with Gasteiger partial charge in [-0.15, -0.1) is 5.10 Å². The summed E-state index contributed by atoms with van der Waals surface area (Å²) in [5.41, 5.74) is 0.715. The van der Waals surface area contributed by atoms with Crippen LogP contribution in [0.3, 0.4) is 0 Å². The molecule has 9 heteroatoms. The van der Waals surface area contributed by atoms with Crippen molar-refractivity contribution in [1.29, 1.82) is 0 Å². The molecule has 134 valence electrons. The summed E-state index contributed by atoms with van der Waals surface area (Å²) >= 11 is 0. The number of tetrazole rings is 1. The van der Waals surface area contributed by atoms with Crippen molar-refractivity contribution in [2.24, 2.45) is 0 Å². The van der Waals surface area contributed by atoms with Crippen molar-refractivity contribution in [3.8, 4) is 5.69 Å². The lowest BCUT2D eigenvalue weighted by Crippen LogP contribution is -2.49. The molecule has 0 unspecified atom stereocenters. The molecular weight excluding hydrogens is 327 g/mol. The van der Waals surface area contributed by atoms with Gasteiger partial charge in [-0.1, -0.05) is 0 Å². The Bertz CT molecular complexity index is 697. The van der Waals surface area contributed by atoms with Crippen LogP contribution in [-0.2, 0) is 16.1 Å². The van der Waals surface area contributed by atoms with Gasteiger partial charge in [0.2, 0.25) is 5.91 Å². The number of nitrogens with zero attached hydrogens (tertiary/aromatic N) is 6. The number of hydrogen-bond acceptors (Lipinski definition) is 6. The molecule has 0 N–H and O–H groups in total.